The Balaban J connectivity index is 2.28. The van der Waals surface area contributed by atoms with Gasteiger partial charge in [-0.3, -0.25) is 4.79 Å². The van der Waals surface area contributed by atoms with E-state index in [4.69, 9.17) is 0 Å². The van der Waals surface area contributed by atoms with Crippen LogP contribution in [0.2, 0.25) is 0 Å². The molecule has 0 aliphatic rings. The third-order valence-corrected chi connectivity index (χ3v) is 5.49. The Morgan fingerprint density at radius 3 is 2.76 bits per heavy atom. The molecule has 5 nitrogen and oxygen atoms in total. The van der Waals surface area contributed by atoms with Crippen molar-refractivity contribution in [1.29, 1.82) is 0 Å². The molecular weight excluding hydrogens is 308 g/mol. The second-order valence-corrected chi connectivity index (χ2v) is 7.31. The Morgan fingerprint density at radius 2 is 2.14 bits per heavy atom. The average molecular weight is 324 g/mol. The first kappa shape index (κ1) is 15.8. The second kappa shape index (κ2) is 6.46. The Morgan fingerprint density at radius 1 is 1.38 bits per heavy atom. The molecule has 0 saturated heterocycles. The van der Waals surface area contributed by atoms with Gasteiger partial charge in [0.25, 0.3) is 0 Å². The van der Waals surface area contributed by atoms with E-state index in [0.717, 1.165) is 0 Å². The number of hydrogen-bond acceptors (Lipinski definition) is 5. The van der Waals surface area contributed by atoms with E-state index in [0.29, 0.717) is 17.7 Å². The maximum Gasteiger partial charge on any atom is 0.243 e. The van der Waals surface area contributed by atoms with Crippen molar-refractivity contribution in [2.24, 2.45) is 0 Å². The van der Waals surface area contributed by atoms with Gasteiger partial charge in [-0.05, 0) is 12.1 Å². The Hall–Kier alpha value is -1.57. The van der Waals surface area contributed by atoms with E-state index in [1.807, 2.05) is 5.38 Å². The van der Waals surface area contributed by atoms with Gasteiger partial charge in [-0.2, -0.15) is 4.31 Å². The average Bonchev–Trinajstić information content (AvgIpc) is 2.99. The molecule has 21 heavy (non-hydrogen) atoms. The van der Waals surface area contributed by atoms with Crippen LogP contribution in [0.5, 0.6) is 0 Å². The summed E-state index contributed by atoms with van der Waals surface area (Å²) in [6.07, 6.45) is 0.345. The molecule has 0 bridgehead atoms. The van der Waals surface area contributed by atoms with Crippen molar-refractivity contribution < 1.29 is 13.2 Å². The number of benzene rings is 1. The van der Waals surface area contributed by atoms with E-state index in [1.165, 1.54) is 34.8 Å². The molecule has 0 spiro atoms. The third kappa shape index (κ3) is 3.55. The number of hydrogen-bond donors (Lipinski definition) is 0. The molecular formula is C14H16N2O3S2. The minimum Gasteiger partial charge on any atom is -0.294 e. The summed E-state index contributed by atoms with van der Waals surface area (Å²) >= 11 is 1.42. The Kier molecular flexibility index (Phi) is 4.87. The van der Waals surface area contributed by atoms with Crippen LogP contribution in [0.3, 0.4) is 0 Å². The molecule has 0 N–H and O–H groups in total. The van der Waals surface area contributed by atoms with Crippen molar-refractivity contribution in [2.75, 3.05) is 7.05 Å². The molecule has 0 saturated carbocycles. The van der Waals surface area contributed by atoms with Crippen molar-refractivity contribution in [3.8, 4) is 0 Å². The molecule has 0 atom stereocenters. The zero-order valence-electron chi connectivity index (χ0n) is 11.8. The molecule has 1 aromatic carbocycles. The second-order valence-electron chi connectivity index (χ2n) is 4.55. The highest BCUT2D eigenvalue weighted by atomic mass is 32.2. The van der Waals surface area contributed by atoms with E-state index >= 15 is 0 Å². The van der Waals surface area contributed by atoms with E-state index < -0.39 is 10.0 Å². The first-order valence-corrected chi connectivity index (χ1v) is 8.80. The van der Waals surface area contributed by atoms with Crippen molar-refractivity contribution in [3.63, 3.8) is 0 Å². The summed E-state index contributed by atoms with van der Waals surface area (Å²) in [5.74, 6) is -0.0748. The van der Waals surface area contributed by atoms with Crippen LogP contribution in [0.4, 0.5) is 0 Å². The Labute approximate surface area is 128 Å². The third-order valence-electron chi connectivity index (χ3n) is 3.05. The number of rotatable bonds is 6. The van der Waals surface area contributed by atoms with Crippen LogP contribution < -0.4 is 0 Å². The smallest absolute Gasteiger partial charge is 0.243 e. The number of thiazole rings is 1. The summed E-state index contributed by atoms with van der Waals surface area (Å²) in [6.45, 7) is 1.95. The van der Waals surface area contributed by atoms with E-state index in [2.05, 4.69) is 4.98 Å². The molecule has 2 rings (SSSR count). The van der Waals surface area contributed by atoms with Crippen molar-refractivity contribution in [1.82, 2.24) is 9.29 Å². The monoisotopic (exact) mass is 324 g/mol. The van der Waals surface area contributed by atoms with Crippen molar-refractivity contribution >= 4 is 27.1 Å². The summed E-state index contributed by atoms with van der Waals surface area (Å²) in [7, 11) is -2.13. The largest absolute Gasteiger partial charge is 0.294 e. The summed E-state index contributed by atoms with van der Waals surface area (Å²) < 4.78 is 26.3. The maximum absolute atomic E-state index is 12.5. The summed E-state index contributed by atoms with van der Waals surface area (Å²) in [6, 6.07) is 6.15. The fourth-order valence-electron chi connectivity index (χ4n) is 1.84. The molecule has 0 aliphatic heterocycles. The first-order chi connectivity index (χ1) is 9.95. The topological polar surface area (TPSA) is 67.3 Å². The number of carbonyl (C=O) groups excluding carboxylic acids is 1. The molecule has 1 aromatic heterocycles. The predicted molar refractivity (Wildman–Crippen MR) is 81.8 cm³/mol. The van der Waals surface area contributed by atoms with Crippen LogP contribution in [0.15, 0.2) is 40.1 Å². The SMILES string of the molecule is CCC(=O)c1cccc(S(=O)(=O)N(C)Cc2cscn2)c1. The lowest BCUT2D eigenvalue weighted by molar-refractivity contribution is 0.0988. The number of ketones is 1. The van der Waals surface area contributed by atoms with Gasteiger partial charge >= 0.3 is 0 Å². The first-order valence-electron chi connectivity index (χ1n) is 6.42. The highest BCUT2D eigenvalue weighted by Gasteiger charge is 2.22. The van der Waals surface area contributed by atoms with E-state index in [1.54, 1.807) is 24.6 Å². The van der Waals surface area contributed by atoms with Crippen molar-refractivity contribution in [2.45, 2.75) is 24.8 Å². The highest BCUT2D eigenvalue weighted by Crippen LogP contribution is 2.18. The van der Waals surface area contributed by atoms with Gasteiger partial charge in [-0.25, -0.2) is 13.4 Å². The highest BCUT2D eigenvalue weighted by molar-refractivity contribution is 7.89. The van der Waals surface area contributed by atoms with Crippen LogP contribution in [0.25, 0.3) is 0 Å². The molecule has 112 valence electrons. The van der Waals surface area contributed by atoms with Gasteiger partial charge in [-0.1, -0.05) is 19.1 Å². The lowest BCUT2D eigenvalue weighted by Crippen LogP contribution is -2.26. The van der Waals surface area contributed by atoms with Gasteiger partial charge in [0.1, 0.15) is 0 Å². The molecule has 1 heterocycles. The molecule has 0 aliphatic carbocycles. The zero-order valence-corrected chi connectivity index (χ0v) is 13.4. The lowest BCUT2D eigenvalue weighted by Gasteiger charge is -2.16. The van der Waals surface area contributed by atoms with Crippen LogP contribution in [-0.4, -0.2) is 30.5 Å². The molecule has 0 amide bonds. The summed E-state index contributed by atoms with van der Waals surface area (Å²) in [5, 5.41) is 1.81. The van der Waals surface area contributed by atoms with Gasteiger partial charge in [0, 0.05) is 24.4 Å². The Bertz CT molecular complexity index is 724. The normalized spacial score (nSPS) is 11.8. The van der Waals surface area contributed by atoms with Gasteiger partial charge in [0.05, 0.1) is 22.6 Å². The van der Waals surface area contributed by atoms with Crippen LogP contribution >= 0.6 is 11.3 Å². The van der Waals surface area contributed by atoms with Crippen molar-refractivity contribution in [3.05, 3.63) is 46.4 Å². The lowest BCUT2D eigenvalue weighted by atomic mass is 10.1. The molecule has 0 unspecified atom stereocenters. The molecule has 2 aromatic rings. The molecule has 0 radical (unpaired) electrons. The van der Waals surface area contributed by atoms with E-state index in [9.17, 15) is 13.2 Å². The molecule has 0 fully saturated rings. The van der Waals surface area contributed by atoms with Crippen LogP contribution in [0, 0.1) is 0 Å². The van der Waals surface area contributed by atoms with Gasteiger partial charge in [-0.15, -0.1) is 11.3 Å². The number of aromatic nitrogens is 1. The van der Waals surface area contributed by atoms with Gasteiger partial charge in [0.15, 0.2) is 5.78 Å². The minimum absolute atomic E-state index is 0.0748. The van der Waals surface area contributed by atoms with Crippen LogP contribution in [0.1, 0.15) is 29.4 Å². The molecule has 7 heteroatoms. The predicted octanol–water partition coefficient (Wildman–Crippen LogP) is 2.56. The van der Waals surface area contributed by atoms with Crippen LogP contribution in [-0.2, 0) is 16.6 Å². The summed E-state index contributed by atoms with van der Waals surface area (Å²) in [5.41, 5.74) is 2.78. The number of carbonyl (C=O) groups is 1. The van der Waals surface area contributed by atoms with Gasteiger partial charge in [0.2, 0.25) is 10.0 Å². The summed E-state index contributed by atoms with van der Waals surface area (Å²) in [4.78, 5) is 15.9. The van der Waals surface area contributed by atoms with Gasteiger partial charge < -0.3 is 0 Å². The number of sulfonamides is 1. The fraction of sp³-hybridized carbons (Fsp3) is 0.286. The fourth-order valence-corrected chi connectivity index (χ4v) is 3.58. The maximum atomic E-state index is 12.5. The minimum atomic E-state index is -3.63. The number of nitrogens with zero attached hydrogens (tertiary/aromatic N) is 2. The van der Waals surface area contributed by atoms with E-state index in [-0.39, 0.29) is 17.2 Å². The number of Topliss-reactive ketones (excluding diaryl/α,β-unsaturated/α-hetero) is 1. The zero-order chi connectivity index (χ0) is 15.5. The quantitative estimate of drug-likeness (QED) is 0.766. The standard InChI is InChI=1S/C14H16N2O3S2/c1-3-14(17)11-5-4-6-13(7-11)21(18,19)16(2)8-12-9-20-10-15-12/h4-7,9-10H,3,8H2,1-2H3.